The summed E-state index contributed by atoms with van der Waals surface area (Å²) in [7, 11) is 0. The maximum Gasteiger partial charge on any atom is 0.573 e. The number of ether oxygens (including phenoxy) is 2. The maximum atomic E-state index is 13.5. The highest BCUT2D eigenvalue weighted by atomic mass is 19.4. The van der Waals surface area contributed by atoms with E-state index in [1.165, 1.54) is 6.20 Å². The van der Waals surface area contributed by atoms with Gasteiger partial charge >= 0.3 is 6.36 Å². The third kappa shape index (κ3) is 7.43. The molecule has 1 saturated heterocycles. The number of hydrogen-bond acceptors (Lipinski definition) is 7. The fourth-order valence-electron chi connectivity index (χ4n) is 3.57. The Balaban J connectivity index is 1.49. The average Bonchev–Trinajstić information content (AvgIpc) is 2.84. The number of nitrogens with one attached hydrogen (secondary N) is 2. The summed E-state index contributed by atoms with van der Waals surface area (Å²) in [4.78, 5) is 35.0. The zero-order valence-electron chi connectivity index (χ0n) is 19.5. The van der Waals surface area contributed by atoms with Crippen molar-refractivity contribution >= 4 is 23.3 Å². The number of halogens is 5. The van der Waals surface area contributed by atoms with Crippen LogP contribution >= 0.6 is 0 Å². The molecule has 2 aromatic carbocycles. The van der Waals surface area contributed by atoms with Gasteiger partial charge in [0.25, 0.3) is 5.91 Å². The Morgan fingerprint density at radius 1 is 0.974 bits per heavy atom. The van der Waals surface area contributed by atoms with Crippen molar-refractivity contribution in [2.45, 2.75) is 6.36 Å². The molecular formula is C24H20F5N5O4. The molecule has 2 N–H and O–H groups in total. The van der Waals surface area contributed by atoms with Crippen LogP contribution in [0.15, 0.2) is 48.8 Å². The molecule has 0 spiro atoms. The van der Waals surface area contributed by atoms with Crippen molar-refractivity contribution in [3.63, 3.8) is 0 Å². The van der Waals surface area contributed by atoms with Crippen LogP contribution < -0.4 is 15.4 Å². The van der Waals surface area contributed by atoms with Crippen LogP contribution in [0, 0.1) is 11.6 Å². The molecule has 1 aliphatic heterocycles. The summed E-state index contributed by atoms with van der Waals surface area (Å²) in [6.45, 7) is 1.72. The highest BCUT2D eigenvalue weighted by Gasteiger charge is 2.32. The van der Waals surface area contributed by atoms with Gasteiger partial charge < -0.3 is 20.1 Å². The second-order valence-electron chi connectivity index (χ2n) is 8.09. The number of benzene rings is 2. The molecular weight excluding hydrogens is 517 g/mol. The fourth-order valence-corrected chi connectivity index (χ4v) is 3.57. The van der Waals surface area contributed by atoms with E-state index in [4.69, 9.17) is 4.74 Å². The molecule has 0 unspecified atom stereocenters. The zero-order valence-corrected chi connectivity index (χ0v) is 19.5. The van der Waals surface area contributed by atoms with E-state index in [-0.39, 0.29) is 34.9 Å². The van der Waals surface area contributed by atoms with Gasteiger partial charge in [0.15, 0.2) is 11.6 Å². The molecule has 1 aliphatic rings. The average molecular weight is 537 g/mol. The Hall–Kier alpha value is -4.17. The zero-order chi connectivity index (χ0) is 27.3. The molecule has 1 aromatic heterocycles. The molecule has 4 rings (SSSR count). The smallest absolute Gasteiger partial charge is 0.404 e. The summed E-state index contributed by atoms with van der Waals surface area (Å²) in [6.07, 6.45) is -2.71. The highest BCUT2D eigenvalue weighted by molar-refractivity contribution is 6.05. The van der Waals surface area contributed by atoms with Crippen molar-refractivity contribution in [3.05, 3.63) is 66.0 Å². The molecule has 3 aromatic rings. The Morgan fingerprint density at radius 3 is 2.32 bits per heavy atom. The third-order valence-corrected chi connectivity index (χ3v) is 5.26. The van der Waals surface area contributed by atoms with Gasteiger partial charge in [0, 0.05) is 30.3 Å². The number of rotatable bonds is 7. The lowest BCUT2D eigenvalue weighted by Gasteiger charge is -2.26. The van der Waals surface area contributed by atoms with Crippen molar-refractivity contribution in [2.75, 3.05) is 43.5 Å². The number of carbonyl (C=O) groups is 2. The molecule has 0 atom stereocenters. The fraction of sp³-hybridized carbons (Fsp3) is 0.250. The number of nitrogens with zero attached hydrogens (tertiary/aromatic N) is 3. The largest absolute Gasteiger partial charge is 0.573 e. The second kappa shape index (κ2) is 11.5. The van der Waals surface area contributed by atoms with Gasteiger partial charge in [-0.2, -0.15) is 0 Å². The number of amides is 2. The monoisotopic (exact) mass is 537 g/mol. The first kappa shape index (κ1) is 26.9. The van der Waals surface area contributed by atoms with E-state index in [0.29, 0.717) is 32.4 Å². The molecule has 38 heavy (non-hydrogen) atoms. The summed E-state index contributed by atoms with van der Waals surface area (Å²) < 4.78 is 74.7. The molecule has 200 valence electrons. The lowest BCUT2D eigenvalue weighted by atomic mass is 10.1. The Labute approximate surface area is 212 Å². The number of hydrogen-bond donors (Lipinski definition) is 2. The van der Waals surface area contributed by atoms with Crippen molar-refractivity contribution < 1.29 is 41.0 Å². The van der Waals surface area contributed by atoms with Gasteiger partial charge in [-0.1, -0.05) is 0 Å². The van der Waals surface area contributed by atoms with Crippen LogP contribution in [-0.4, -0.2) is 65.9 Å². The van der Waals surface area contributed by atoms with Crippen molar-refractivity contribution in [2.24, 2.45) is 0 Å². The molecule has 2 heterocycles. The summed E-state index contributed by atoms with van der Waals surface area (Å²) in [6, 6.07) is 5.84. The van der Waals surface area contributed by atoms with Gasteiger partial charge in [0.2, 0.25) is 5.91 Å². The number of alkyl halides is 3. The summed E-state index contributed by atoms with van der Waals surface area (Å²) >= 11 is 0. The number of aromatic nitrogens is 2. The van der Waals surface area contributed by atoms with E-state index < -0.39 is 35.6 Å². The quantitative estimate of drug-likeness (QED) is 0.441. The van der Waals surface area contributed by atoms with Crippen LogP contribution in [0.3, 0.4) is 0 Å². The van der Waals surface area contributed by atoms with Crippen LogP contribution in [0.25, 0.3) is 11.3 Å². The minimum Gasteiger partial charge on any atom is -0.404 e. The van der Waals surface area contributed by atoms with Crippen LogP contribution in [0.4, 0.5) is 33.5 Å². The van der Waals surface area contributed by atoms with Crippen molar-refractivity contribution in [1.29, 1.82) is 0 Å². The van der Waals surface area contributed by atoms with Gasteiger partial charge in [-0.3, -0.25) is 19.5 Å². The number of anilines is 2. The number of morpholine rings is 1. The molecule has 9 nitrogen and oxygen atoms in total. The van der Waals surface area contributed by atoms with E-state index >= 15 is 0 Å². The molecule has 14 heteroatoms. The van der Waals surface area contributed by atoms with Crippen LogP contribution in [-0.2, 0) is 9.53 Å². The predicted molar refractivity (Wildman–Crippen MR) is 124 cm³/mol. The van der Waals surface area contributed by atoms with E-state index in [1.807, 2.05) is 0 Å². The lowest BCUT2D eigenvalue weighted by Crippen LogP contribution is -2.41. The molecule has 2 amide bonds. The topological polar surface area (TPSA) is 106 Å². The summed E-state index contributed by atoms with van der Waals surface area (Å²) in [5, 5.41) is 4.77. The van der Waals surface area contributed by atoms with Crippen molar-refractivity contribution in [3.8, 4) is 17.0 Å². The van der Waals surface area contributed by atoms with Crippen molar-refractivity contribution in [1.82, 2.24) is 14.9 Å². The Morgan fingerprint density at radius 2 is 1.68 bits per heavy atom. The lowest BCUT2D eigenvalue weighted by molar-refractivity contribution is -0.274. The van der Waals surface area contributed by atoms with Crippen LogP contribution in [0.5, 0.6) is 5.75 Å². The second-order valence-corrected chi connectivity index (χ2v) is 8.09. The SMILES string of the molecule is O=C(CN1CCOCC1)Nc1cc(C(=O)Nc2cnc(-c3cc(F)cc(F)c3)cn2)ccc1OC(F)(F)F. The van der Waals surface area contributed by atoms with E-state index in [2.05, 4.69) is 25.3 Å². The van der Waals surface area contributed by atoms with Crippen LogP contribution in [0.2, 0.25) is 0 Å². The Kier molecular flexibility index (Phi) is 8.12. The highest BCUT2D eigenvalue weighted by Crippen LogP contribution is 2.31. The minimum atomic E-state index is -5.03. The molecule has 0 bridgehead atoms. The minimum absolute atomic E-state index is 0.0378. The maximum absolute atomic E-state index is 13.5. The summed E-state index contributed by atoms with van der Waals surface area (Å²) in [5.41, 5.74) is -0.201. The van der Waals surface area contributed by atoms with Gasteiger partial charge in [0.05, 0.1) is 43.5 Å². The standard InChI is InChI=1S/C24H20F5N5O4/c25-16-7-15(8-17(26)10-16)19-11-31-21(12-30-19)33-23(36)14-1-2-20(38-24(27,28)29)18(9-14)32-22(35)13-34-3-5-37-6-4-34/h1-2,7-12H,3-6,13H2,(H,32,35)(H,31,33,36). The van der Waals surface area contributed by atoms with Gasteiger partial charge in [-0.15, -0.1) is 13.2 Å². The van der Waals surface area contributed by atoms with E-state index in [0.717, 1.165) is 36.5 Å². The van der Waals surface area contributed by atoms with Gasteiger partial charge in [-0.05, 0) is 30.3 Å². The first-order chi connectivity index (χ1) is 18.1. The molecule has 1 fully saturated rings. The number of carbonyl (C=O) groups excluding carboxylic acids is 2. The van der Waals surface area contributed by atoms with Crippen LogP contribution in [0.1, 0.15) is 10.4 Å². The van der Waals surface area contributed by atoms with E-state index in [1.54, 1.807) is 4.90 Å². The Bertz CT molecular complexity index is 1290. The predicted octanol–water partition coefficient (Wildman–Crippen LogP) is 3.84. The first-order valence-corrected chi connectivity index (χ1v) is 11.2. The molecule has 0 saturated carbocycles. The van der Waals surface area contributed by atoms with Gasteiger partial charge in [0.1, 0.15) is 11.6 Å². The van der Waals surface area contributed by atoms with Gasteiger partial charge in [-0.25, -0.2) is 13.8 Å². The molecule has 0 radical (unpaired) electrons. The third-order valence-electron chi connectivity index (χ3n) is 5.26. The first-order valence-electron chi connectivity index (χ1n) is 11.2. The molecule has 0 aliphatic carbocycles. The normalized spacial score (nSPS) is 14.1. The summed E-state index contributed by atoms with van der Waals surface area (Å²) in [5.74, 6) is -3.72. The van der Waals surface area contributed by atoms with E-state index in [9.17, 15) is 31.5 Å².